The quantitative estimate of drug-likeness (QED) is 0.503. The van der Waals surface area contributed by atoms with Gasteiger partial charge in [0.2, 0.25) is 0 Å². The first-order chi connectivity index (χ1) is 8.47. The maximum atomic E-state index is 11.6. The third-order valence-corrected chi connectivity index (χ3v) is 2.69. The summed E-state index contributed by atoms with van der Waals surface area (Å²) in [7, 11) is 0. The number of aliphatic hydroxyl groups excluding tert-OH is 1. The van der Waals surface area contributed by atoms with Gasteiger partial charge in [0.1, 0.15) is 5.76 Å². The van der Waals surface area contributed by atoms with Crippen LogP contribution in [0.5, 0.6) is 0 Å². The number of aliphatic hydroxyl groups is 1. The molecular formula is C15H19NO2. The standard InChI is InChI=1S/C15H19NO2/c1-5-16-9-14(12(4)17)15(18)13-8-10(2)6-7-11(13)3/h6-9,18H,5H2,1-4H3. The molecule has 0 aliphatic heterocycles. The van der Waals surface area contributed by atoms with Gasteiger partial charge in [-0.3, -0.25) is 9.79 Å². The average molecular weight is 245 g/mol. The molecule has 1 aromatic carbocycles. The Morgan fingerprint density at radius 1 is 1.39 bits per heavy atom. The van der Waals surface area contributed by atoms with Gasteiger partial charge in [0, 0.05) is 18.3 Å². The summed E-state index contributed by atoms with van der Waals surface area (Å²) in [6, 6.07) is 5.77. The summed E-state index contributed by atoms with van der Waals surface area (Å²) in [5, 5.41) is 10.3. The molecule has 0 aliphatic carbocycles. The van der Waals surface area contributed by atoms with Gasteiger partial charge in [0.15, 0.2) is 5.78 Å². The van der Waals surface area contributed by atoms with Crippen molar-refractivity contribution in [3.63, 3.8) is 0 Å². The Balaban J connectivity index is 3.38. The Bertz CT molecular complexity index is 513. The number of rotatable bonds is 4. The van der Waals surface area contributed by atoms with Crippen LogP contribution < -0.4 is 0 Å². The van der Waals surface area contributed by atoms with E-state index in [1.165, 1.54) is 13.1 Å². The van der Waals surface area contributed by atoms with Crippen LogP contribution in [-0.4, -0.2) is 23.6 Å². The molecular weight excluding hydrogens is 226 g/mol. The fourth-order valence-electron chi connectivity index (χ4n) is 1.64. The second kappa shape index (κ2) is 6.15. The van der Waals surface area contributed by atoms with E-state index >= 15 is 0 Å². The van der Waals surface area contributed by atoms with Gasteiger partial charge in [-0.1, -0.05) is 17.7 Å². The number of aliphatic imine (C=N–C) groups is 1. The summed E-state index contributed by atoms with van der Waals surface area (Å²) in [5.74, 6) is -0.188. The lowest BCUT2D eigenvalue weighted by Gasteiger charge is -2.08. The van der Waals surface area contributed by atoms with Gasteiger partial charge in [-0.2, -0.15) is 0 Å². The van der Waals surface area contributed by atoms with Crippen LogP contribution in [0, 0.1) is 13.8 Å². The minimum Gasteiger partial charge on any atom is -0.506 e. The molecule has 0 amide bonds. The van der Waals surface area contributed by atoms with Gasteiger partial charge < -0.3 is 5.11 Å². The highest BCUT2D eigenvalue weighted by Crippen LogP contribution is 2.21. The van der Waals surface area contributed by atoms with Crippen molar-refractivity contribution in [1.29, 1.82) is 0 Å². The van der Waals surface area contributed by atoms with E-state index in [9.17, 15) is 9.90 Å². The van der Waals surface area contributed by atoms with Gasteiger partial charge in [0.25, 0.3) is 0 Å². The van der Waals surface area contributed by atoms with Crippen LogP contribution in [0.2, 0.25) is 0 Å². The molecule has 0 radical (unpaired) electrons. The fraction of sp³-hybridized carbons (Fsp3) is 0.333. The summed E-state index contributed by atoms with van der Waals surface area (Å²) in [5.41, 5.74) is 2.91. The summed E-state index contributed by atoms with van der Waals surface area (Å²) < 4.78 is 0. The van der Waals surface area contributed by atoms with Crippen molar-refractivity contribution in [3.8, 4) is 0 Å². The van der Waals surface area contributed by atoms with Crippen molar-refractivity contribution in [1.82, 2.24) is 0 Å². The number of nitrogens with zero attached hydrogens (tertiary/aromatic N) is 1. The molecule has 0 fully saturated rings. The molecule has 0 aromatic heterocycles. The molecule has 1 rings (SSSR count). The zero-order valence-electron chi connectivity index (χ0n) is 11.3. The number of benzene rings is 1. The Morgan fingerprint density at radius 2 is 2.06 bits per heavy atom. The number of hydrogen-bond acceptors (Lipinski definition) is 3. The van der Waals surface area contributed by atoms with Crippen molar-refractivity contribution in [3.05, 3.63) is 40.5 Å². The van der Waals surface area contributed by atoms with Gasteiger partial charge >= 0.3 is 0 Å². The first-order valence-electron chi connectivity index (χ1n) is 5.99. The maximum absolute atomic E-state index is 11.6. The van der Waals surface area contributed by atoms with Gasteiger partial charge in [-0.05, 0) is 39.3 Å². The van der Waals surface area contributed by atoms with E-state index in [1.54, 1.807) is 0 Å². The lowest BCUT2D eigenvalue weighted by atomic mass is 10.00. The van der Waals surface area contributed by atoms with Crippen LogP contribution in [-0.2, 0) is 4.79 Å². The normalized spacial score (nSPS) is 12.7. The number of carbonyl (C=O) groups excluding carboxylic acids is 1. The minimum atomic E-state index is -0.189. The van der Waals surface area contributed by atoms with Crippen molar-refractivity contribution < 1.29 is 9.90 Å². The topological polar surface area (TPSA) is 49.7 Å². The number of aryl methyl sites for hydroxylation is 2. The van der Waals surface area contributed by atoms with Gasteiger partial charge in [0.05, 0.1) is 5.57 Å². The van der Waals surface area contributed by atoms with Crippen LogP contribution in [0.4, 0.5) is 0 Å². The highest BCUT2D eigenvalue weighted by molar-refractivity contribution is 6.17. The van der Waals surface area contributed by atoms with Crippen molar-refractivity contribution >= 4 is 17.8 Å². The second-order valence-corrected chi connectivity index (χ2v) is 4.26. The number of allylic oxidation sites excluding steroid dienone is 1. The zero-order valence-corrected chi connectivity index (χ0v) is 11.3. The Hall–Kier alpha value is -1.90. The van der Waals surface area contributed by atoms with Gasteiger partial charge in [-0.25, -0.2) is 0 Å². The first-order valence-corrected chi connectivity index (χ1v) is 5.99. The van der Waals surface area contributed by atoms with Crippen molar-refractivity contribution in [2.24, 2.45) is 4.99 Å². The first kappa shape index (κ1) is 14.2. The molecule has 1 aromatic rings. The highest BCUT2D eigenvalue weighted by Gasteiger charge is 2.12. The van der Waals surface area contributed by atoms with E-state index in [0.29, 0.717) is 12.1 Å². The summed E-state index contributed by atoms with van der Waals surface area (Å²) >= 11 is 0. The van der Waals surface area contributed by atoms with E-state index in [2.05, 4.69) is 4.99 Å². The molecule has 0 saturated heterocycles. The Labute approximate surface area is 108 Å². The molecule has 18 heavy (non-hydrogen) atoms. The summed E-state index contributed by atoms with van der Waals surface area (Å²) in [6.07, 6.45) is 1.44. The monoisotopic (exact) mass is 245 g/mol. The molecule has 0 bridgehead atoms. The van der Waals surface area contributed by atoms with Crippen molar-refractivity contribution in [2.75, 3.05) is 6.54 Å². The lowest BCUT2D eigenvalue weighted by molar-refractivity contribution is -0.113. The van der Waals surface area contributed by atoms with E-state index in [-0.39, 0.29) is 17.1 Å². The number of hydrogen-bond donors (Lipinski definition) is 1. The molecule has 96 valence electrons. The number of Topliss-reactive ketones (excluding diaryl/α,β-unsaturated/α-hetero) is 1. The number of carbonyl (C=O) groups is 1. The SMILES string of the molecule is CCN=CC(C(C)=O)=C(O)c1cc(C)ccc1C. The molecule has 0 aliphatic rings. The van der Waals surface area contributed by atoms with E-state index in [1.807, 2.05) is 39.0 Å². The lowest BCUT2D eigenvalue weighted by Crippen LogP contribution is -2.04. The highest BCUT2D eigenvalue weighted by atomic mass is 16.3. The van der Waals surface area contributed by atoms with Crippen LogP contribution in [0.3, 0.4) is 0 Å². The predicted octanol–water partition coefficient (Wildman–Crippen LogP) is 3.25. The number of ketones is 1. The minimum absolute atomic E-state index is 0.000833. The van der Waals surface area contributed by atoms with Crippen LogP contribution in [0.25, 0.3) is 5.76 Å². The summed E-state index contributed by atoms with van der Waals surface area (Å²) in [6.45, 7) is 7.74. The smallest absolute Gasteiger partial charge is 0.165 e. The van der Waals surface area contributed by atoms with E-state index < -0.39 is 0 Å². The molecule has 0 heterocycles. The van der Waals surface area contributed by atoms with Crippen LogP contribution >= 0.6 is 0 Å². The molecule has 0 saturated carbocycles. The molecule has 0 atom stereocenters. The predicted molar refractivity (Wildman–Crippen MR) is 75.2 cm³/mol. The second-order valence-electron chi connectivity index (χ2n) is 4.26. The Kier molecular flexibility index (Phi) is 4.84. The van der Waals surface area contributed by atoms with Gasteiger partial charge in [-0.15, -0.1) is 0 Å². The van der Waals surface area contributed by atoms with Crippen LogP contribution in [0.1, 0.15) is 30.5 Å². The average Bonchev–Trinajstić information content (AvgIpc) is 2.32. The third-order valence-electron chi connectivity index (χ3n) is 2.69. The largest absolute Gasteiger partial charge is 0.506 e. The van der Waals surface area contributed by atoms with E-state index in [4.69, 9.17) is 0 Å². The van der Waals surface area contributed by atoms with Crippen LogP contribution in [0.15, 0.2) is 28.8 Å². The molecule has 0 unspecified atom stereocenters. The molecule has 3 nitrogen and oxygen atoms in total. The fourth-order valence-corrected chi connectivity index (χ4v) is 1.64. The Morgan fingerprint density at radius 3 is 2.61 bits per heavy atom. The summed E-state index contributed by atoms with van der Waals surface area (Å²) in [4.78, 5) is 15.6. The van der Waals surface area contributed by atoms with E-state index in [0.717, 1.165) is 11.1 Å². The third kappa shape index (κ3) is 3.29. The molecule has 0 spiro atoms. The molecule has 1 N–H and O–H groups in total. The molecule has 3 heteroatoms. The van der Waals surface area contributed by atoms with Crippen molar-refractivity contribution in [2.45, 2.75) is 27.7 Å². The zero-order chi connectivity index (χ0) is 13.7. The maximum Gasteiger partial charge on any atom is 0.165 e.